The van der Waals surface area contributed by atoms with Crippen molar-refractivity contribution in [2.75, 3.05) is 23.7 Å². The number of carbonyl (C=O) groups is 1. The first-order valence-electron chi connectivity index (χ1n) is 5.36. The van der Waals surface area contributed by atoms with Crippen LogP contribution in [0.4, 0.5) is 5.69 Å². The highest BCUT2D eigenvalue weighted by molar-refractivity contribution is 7.92. The average Bonchev–Trinajstić information content (AvgIpc) is 2.29. The minimum Gasteiger partial charge on any atom is -0.478 e. The Labute approximate surface area is 106 Å². The van der Waals surface area contributed by atoms with Gasteiger partial charge in [0.15, 0.2) is 0 Å². The number of nitrogens with one attached hydrogen (secondary N) is 1. The number of aromatic carboxylic acids is 1. The fraction of sp³-hybridized carbons (Fsp3) is 0.364. The zero-order valence-electron chi connectivity index (χ0n) is 9.92. The van der Waals surface area contributed by atoms with Crippen molar-refractivity contribution < 1.29 is 23.1 Å². The first-order chi connectivity index (χ1) is 8.44. The zero-order chi connectivity index (χ0) is 13.6. The smallest absolute Gasteiger partial charge is 0.335 e. The molecule has 7 heteroatoms. The number of hydrogen-bond donors (Lipinski definition) is 2. The summed E-state index contributed by atoms with van der Waals surface area (Å²) in [6.45, 7) is 2.37. The number of benzene rings is 1. The van der Waals surface area contributed by atoms with Crippen LogP contribution in [-0.4, -0.2) is 38.5 Å². The molecule has 1 aromatic carbocycles. The van der Waals surface area contributed by atoms with Gasteiger partial charge in [-0.1, -0.05) is 0 Å². The van der Waals surface area contributed by atoms with E-state index in [-0.39, 0.29) is 17.9 Å². The van der Waals surface area contributed by atoms with Gasteiger partial charge < -0.3 is 9.84 Å². The van der Waals surface area contributed by atoms with Gasteiger partial charge in [-0.2, -0.15) is 0 Å². The van der Waals surface area contributed by atoms with E-state index in [1.165, 1.54) is 24.3 Å². The van der Waals surface area contributed by atoms with E-state index >= 15 is 0 Å². The van der Waals surface area contributed by atoms with Crippen LogP contribution < -0.4 is 4.72 Å². The molecule has 0 radical (unpaired) electrons. The Bertz CT molecular complexity index is 495. The Balaban J connectivity index is 2.63. The number of anilines is 1. The molecule has 0 fully saturated rings. The predicted octanol–water partition coefficient (Wildman–Crippen LogP) is 1.16. The maximum absolute atomic E-state index is 11.6. The van der Waals surface area contributed by atoms with Gasteiger partial charge in [-0.05, 0) is 31.2 Å². The van der Waals surface area contributed by atoms with Crippen LogP contribution in [0.1, 0.15) is 17.3 Å². The van der Waals surface area contributed by atoms with Gasteiger partial charge >= 0.3 is 5.97 Å². The molecule has 0 heterocycles. The zero-order valence-corrected chi connectivity index (χ0v) is 10.7. The summed E-state index contributed by atoms with van der Waals surface area (Å²) in [4.78, 5) is 10.6. The molecule has 0 unspecified atom stereocenters. The fourth-order valence-electron chi connectivity index (χ4n) is 1.22. The van der Waals surface area contributed by atoms with Crippen LogP contribution in [0.15, 0.2) is 24.3 Å². The molecule has 1 rings (SSSR count). The summed E-state index contributed by atoms with van der Waals surface area (Å²) in [5.74, 6) is -1.19. The Kier molecular flexibility index (Phi) is 5.11. The van der Waals surface area contributed by atoms with Gasteiger partial charge in [0.05, 0.1) is 17.9 Å². The van der Waals surface area contributed by atoms with Crippen LogP contribution >= 0.6 is 0 Å². The van der Waals surface area contributed by atoms with Crippen LogP contribution in [0.2, 0.25) is 0 Å². The standard InChI is InChI=1S/C11H15NO5S/c1-2-17-7-8-18(15,16)12-10-5-3-9(4-6-10)11(13)14/h3-6,12H,2,7-8H2,1H3,(H,13,14). The average molecular weight is 273 g/mol. The van der Waals surface area contributed by atoms with E-state index in [9.17, 15) is 13.2 Å². The maximum atomic E-state index is 11.6. The molecule has 0 saturated carbocycles. The first-order valence-corrected chi connectivity index (χ1v) is 7.01. The molecule has 0 aliphatic rings. The molecule has 0 saturated heterocycles. The van der Waals surface area contributed by atoms with Gasteiger partial charge in [0.2, 0.25) is 10.0 Å². The second kappa shape index (κ2) is 6.36. The topological polar surface area (TPSA) is 92.7 Å². The second-order valence-electron chi connectivity index (χ2n) is 3.50. The lowest BCUT2D eigenvalue weighted by atomic mass is 10.2. The third-order valence-electron chi connectivity index (χ3n) is 2.11. The van der Waals surface area contributed by atoms with Crippen LogP contribution in [0.5, 0.6) is 0 Å². The predicted molar refractivity (Wildman–Crippen MR) is 67.3 cm³/mol. The summed E-state index contributed by atoms with van der Waals surface area (Å²) in [6, 6.07) is 5.48. The van der Waals surface area contributed by atoms with Gasteiger partial charge in [-0.25, -0.2) is 13.2 Å². The molecule has 6 nitrogen and oxygen atoms in total. The van der Waals surface area contributed by atoms with E-state index in [0.717, 1.165) is 0 Å². The van der Waals surface area contributed by atoms with E-state index in [1.54, 1.807) is 6.92 Å². The minimum absolute atomic E-state index is 0.104. The van der Waals surface area contributed by atoms with E-state index in [4.69, 9.17) is 9.84 Å². The van der Waals surface area contributed by atoms with E-state index in [2.05, 4.69) is 4.72 Å². The number of hydrogen-bond acceptors (Lipinski definition) is 4. The van der Waals surface area contributed by atoms with Crippen LogP contribution in [0.25, 0.3) is 0 Å². The first kappa shape index (κ1) is 14.5. The van der Waals surface area contributed by atoms with E-state index in [0.29, 0.717) is 12.3 Å². The molecule has 0 aliphatic carbocycles. The highest BCUT2D eigenvalue weighted by atomic mass is 32.2. The molecule has 2 N–H and O–H groups in total. The second-order valence-corrected chi connectivity index (χ2v) is 5.34. The number of rotatable bonds is 7. The summed E-state index contributed by atoms with van der Waals surface area (Å²) in [7, 11) is -3.46. The molecule has 0 spiro atoms. The molecule has 0 atom stereocenters. The largest absolute Gasteiger partial charge is 0.478 e. The summed E-state index contributed by atoms with van der Waals surface area (Å²) in [5, 5.41) is 8.70. The summed E-state index contributed by atoms with van der Waals surface area (Å²) < 4.78 is 30.5. The Morgan fingerprint density at radius 1 is 1.33 bits per heavy atom. The third-order valence-corrected chi connectivity index (χ3v) is 3.36. The Hall–Kier alpha value is -1.60. The lowest BCUT2D eigenvalue weighted by Crippen LogP contribution is -2.20. The Morgan fingerprint density at radius 2 is 1.94 bits per heavy atom. The molecule has 1 aromatic rings. The molecule has 0 aromatic heterocycles. The minimum atomic E-state index is -3.46. The van der Waals surface area contributed by atoms with Crippen LogP contribution in [-0.2, 0) is 14.8 Å². The van der Waals surface area contributed by atoms with Crippen LogP contribution in [0.3, 0.4) is 0 Å². The summed E-state index contributed by atoms with van der Waals surface area (Å²) >= 11 is 0. The van der Waals surface area contributed by atoms with Gasteiger partial charge in [-0.3, -0.25) is 4.72 Å². The maximum Gasteiger partial charge on any atom is 0.335 e. The van der Waals surface area contributed by atoms with Crippen molar-refractivity contribution in [2.24, 2.45) is 0 Å². The highest BCUT2D eigenvalue weighted by Gasteiger charge is 2.10. The molecule has 0 aliphatic heterocycles. The van der Waals surface area contributed by atoms with Crippen molar-refractivity contribution in [3.8, 4) is 0 Å². The van der Waals surface area contributed by atoms with Gasteiger partial charge in [0.25, 0.3) is 0 Å². The molecular weight excluding hydrogens is 258 g/mol. The monoisotopic (exact) mass is 273 g/mol. The van der Waals surface area contributed by atoms with Gasteiger partial charge in [0, 0.05) is 12.3 Å². The van der Waals surface area contributed by atoms with Crippen molar-refractivity contribution in [1.82, 2.24) is 0 Å². The number of carboxylic acids is 1. The van der Waals surface area contributed by atoms with Gasteiger partial charge in [0.1, 0.15) is 0 Å². The van der Waals surface area contributed by atoms with Gasteiger partial charge in [-0.15, -0.1) is 0 Å². The third kappa shape index (κ3) is 4.72. The lowest BCUT2D eigenvalue weighted by molar-refractivity contribution is 0.0697. The summed E-state index contributed by atoms with van der Waals surface area (Å²) in [6.07, 6.45) is 0. The number of carboxylic acid groups (broad SMARTS) is 1. The van der Waals surface area contributed by atoms with Crippen molar-refractivity contribution in [3.63, 3.8) is 0 Å². The quantitative estimate of drug-likeness (QED) is 0.727. The molecule has 0 amide bonds. The molecule has 100 valence electrons. The van der Waals surface area contributed by atoms with Crippen LogP contribution in [0, 0.1) is 0 Å². The lowest BCUT2D eigenvalue weighted by Gasteiger charge is -2.08. The van der Waals surface area contributed by atoms with Crippen molar-refractivity contribution in [2.45, 2.75) is 6.92 Å². The van der Waals surface area contributed by atoms with Crippen molar-refractivity contribution in [3.05, 3.63) is 29.8 Å². The molecule has 18 heavy (non-hydrogen) atoms. The normalized spacial score (nSPS) is 11.2. The van der Waals surface area contributed by atoms with Crippen molar-refractivity contribution in [1.29, 1.82) is 0 Å². The fourth-order valence-corrected chi connectivity index (χ4v) is 2.16. The highest BCUT2D eigenvalue weighted by Crippen LogP contribution is 2.11. The molecular formula is C11H15NO5S. The van der Waals surface area contributed by atoms with E-state index < -0.39 is 16.0 Å². The molecule has 0 bridgehead atoms. The van der Waals surface area contributed by atoms with Crippen molar-refractivity contribution >= 4 is 21.7 Å². The summed E-state index contributed by atoms with van der Waals surface area (Å²) in [5.41, 5.74) is 0.434. The van der Waals surface area contributed by atoms with E-state index in [1.807, 2.05) is 0 Å². The Morgan fingerprint density at radius 3 is 2.44 bits per heavy atom. The number of sulfonamides is 1. The number of ether oxygens (including phenoxy) is 1. The SMILES string of the molecule is CCOCCS(=O)(=O)Nc1ccc(C(=O)O)cc1.